The lowest BCUT2D eigenvalue weighted by Gasteiger charge is -1.92. The summed E-state index contributed by atoms with van der Waals surface area (Å²) in [5.41, 5.74) is 2.76. The summed E-state index contributed by atoms with van der Waals surface area (Å²) in [6, 6.07) is 17.8. The molecule has 0 unspecified atom stereocenters. The van der Waals surface area contributed by atoms with Gasteiger partial charge in [-0.15, -0.1) is 0 Å². The maximum Gasteiger partial charge on any atom is 0.181 e. The predicted octanol–water partition coefficient (Wildman–Crippen LogP) is 3.88. The Kier molecular flexibility index (Phi) is 2.39. The first-order valence-corrected chi connectivity index (χ1v) is 6.36. The van der Waals surface area contributed by atoms with Crippen LogP contribution in [0.5, 0.6) is 0 Å². The number of nitrogens with one attached hydrogen (secondary N) is 1. The second-order valence-corrected chi connectivity index (χ2v) is 4.52. The Hall–Kier alpha value is -2.88. The molecule has 2 aromatic carbocycles. The summed E-state index contributed by atoms with van der Waals surface area (Å²) in [6.45, 7) is 0. The molecule has 0 saturated carbocycles. The van der Waals surface area contributed by atoms with E-state index >= 15 is 0 Å². The minimum absolute atomic E-state index is 0.686. The Morgan fingerprint density at radius 2 is 1.70 bits per heavy atom. The highest BCUT2D eigenvalue weighted by molar-refractivity contribution is 5.92. The molecule has 4 nitrogen and oxygen atoms in total. The molecule has 96 valence electrons. The molecule has 0 saturated heterocycles. The fourth-order valence-electron chi connectivity index (χ4n) is 2.26. The average molecular weight is 261 g/mol. The number of aromatic amines is 1. The number of benzene rings is 2. The molecule has 0 amide bonds. The number of aromatic nitrogens is 3. The van der Waals surface area contributed by atoms with Crippen molar-refractivity contribution in [1.82, 2.24) is 15.2 Å². The zero-order chi connectivity index (χ0) is 13.4. The maximum atomic E-state index is 5.53. The zero-order valence-electron chi connectivity index (χ0n) is 10.6. The number of nitrogens with zero attached hydrogens (tertiary/aromatic N) is 2. The molecule has 1 N–H and O–H groups in total. The predicted molar refractivity (Wildman–Crippen MR) is 77.0 cm³/mol. The van der Waals surface area contributed by atoms with Crippen LogP contribution in [0, 0.1) is 0 Å². The Morgan fingerprint density at radius 3 is 2.60 bits per heavy atom. The van der Waals surface area contributed by atoms with E-state index in [1.807, 2.05) is 54.6 Å². The van der Waals surface area contributed by atoms with Gasteiger partial charge in [0.05, 0.1) is 5.56 Å². The van der Waals surface area contributed by atoms with Gasteiger partial charge in [-0.1, -0.05) is 48.5 Å². The number of rotatable bonds is 2. The summed E-state index contributed by atoms with van der Waals surface area (Å²) in [7, 11) is 0. The highest BCUT2D eigenvalue weighted by Crippen LogP contribution is 2.29. The SMILES string of the molecule is c1ccc(-c2n[nH]c(-c3coc4ccccc34)n2)cc1. The highest BCUT2D eigenvalue weighted by atomic mass is 16.3. The third-order valence-electron chi connectivity index (χ3n) is 3.25. The van der Waals surface area contributed by atoms with Crippen molar-refractivity contribution in [3.05, 3.63) is 60.9 Å². The summed E-state index contributed by atoms with van der Waals surface area (Å²) in [5, 5.41) is 8.28. The molecule has 0 aliphatic carbocycles. The summed E-state index contributed by atoms with van der Waals surface area (Å²) >= 11 is 0. The molecule has 0 atom stereocenters. The Labute approximate surface area is 115 Å². The smallest absolute Gasteiger partial charge is 0.181 e. The van der Waals surface area contributed by atoms with Crippen molar-refractivity contribution < 1.29 is 4.42 Å². The molecule has 0 radical (unpaired) electrons. The normalized spacial score (nSPS) is 11.0. The molecule has 2 heterocycles. The van der Waals surface area contributed by atoms with Gasteiger partial charge in [-0.25, -0.2) is 4.98 Å². The van der Waals surface area contributed by atoms with Crippen molar-refractivity contribution in [3.63, 3.8) is 0 Å². The van der Waals surface area contributed by atoms with Crippen LogP contribution in [-0.4, -0.2) is 15.2 Å². The number of hydrogen-bond donors (Lipinski definition) is 1. The zero-order valence-corrected chi connectivity index (χ0v) is 10.6. The highest BCUT2D eigenvalue weighted by Gasteiger charge is 2.12. The molecular weight excluding hydrogens is 250 g/mol. The van der Waals surface area contributed by atoms with Gasteiger partial charge >= 0.3 is 0 Å². The van der Waals surface area contributed by atoms with Gasteiger partial charge in [-0.3, -0.25) is 5.10 Å². The third kappa shape index (κ3) is 1.70. The average Bonchev–Trinajstić information content (AvgIpc) is 3.14. The number of para-hydroxylation sites is 1. The number of hydrogen-bond acceptors (Lipinski definition) is 3. The quantitative estimate of drug-likeness (QED) is 0.595. The summed E-state index contributed by atoms with van der Waals surface area (Å²) < 4.78 is 5.53. The van der Waals surface area contributed by atoms with Gasteiger partial charge in [0.25, 0.3) is 0 Å². The van der Waals surface area contributed by atoms with Crippen molar-refractivity contribution in [3.8, 4) is 22.8 Å². The van der Waals surface area contributed by atoms with Crippen LogP contribution in [0.25, 0.3) is 33.7 Å². The van der Waals surface area contributed by atoms with E-state index in [4.69, 9.17) is 4.42 Å². The molecule has 0 aliphatic heterocycles. The van der Waals surface area contributed by atoms with Crippen LogP contribution in [0.15, 0.2) is 65.3 Å². The second kappa shape index (κ2) is 4.35. The third-order valence-corrected chi connectivity index (χ3v) is 3.25. The van der Waals surface area contributed by atoms with Crippen molar-refractivity contribution in [2.24, 2.45) is 0 Å². The van der Waals surface area contributed by atoms with Crippen molar-refractivity contribution in [1.29, 1.82) is 0 Å². The topological polar surface area (TPSA) is 54.7 Å². The van der Waals surface area contributed by atoms with Crippen LogP contribution < -0.4 is 0 Å². The molecule has 2 aromatic heterocycles. The molecule has 4 heteroatoms. The number of furan rings is 1. The van der Waals surface area contributed by atoms with Gasteiger partial charge in [0, 0.05) is 10.9 Å². The van der Waals surface area contributed by atoms with Crippen molar-refractivity contribution >= 4 is 11.0 Å². The lowest BCUT2D eigenvalue weighted by Crippen LogP contribution is -1.79. The van der Waals surface area contributed by atoms with E-state index < -0.39 is 0 Å². The van der Waals surface area contributed by atoms with Crippen molar-refractivity contribution in [2.75, 3.05) is 0 Å². The summed E-state index contributed by atoms with van der Waals surface area (Å²) in [5.74, 6) is 1.40. The van der Waals surface area contributed by atoms with Crippen LogP contribution in [0.3, 0.4) is 0 Å². The van der Waals surface area contributed by atoms with E-state index in [1.165, 1.54) is 0 Å². The Bertz CT molecular complexity index is 861. The van der Waals surface area contributed by atoms with E-state index in [0.29, 0.717) is 11.6 Å². The minimum atomic E-state index is 0.686. The maximum absolute atomic E-state index is 5.53. The molecule has 4 aromatic rings. The van der Waals surface area contributed by atoms with Crippen LogP contribution in [0.1, 0.15) is 0 Å². The summed E-state index contributed by atoms with van der Waals surface area (Å²) in [6.07, 6.45) is 1.71. The monoisotopic (exact) mass is 261 g/mol. The number of fused-ring (bicyclic) bond motifs is 1. The Balaban J connectivity index is 1.82. The van der Waals surface area contributed by atoms with E-state index in [9.17, 15) is 0 Å². The molecule has 0 fully saturated rings. The molecule has 0 bridgehead atoms. The van der Waals surface area contributed by atoms with Crippen LogP contribution in [0.2, 0.25) is 0 Å². The first-order chi connectivity index (χ1) is 9.92. The van der Waals surface area contributed by atoms with Gasteiger partial charge in [-0.05, 0) is 6.07 Å². The molecule has 0 aliphatic rings. The molecule has 4 rings (SSSR count). The van der Waals surface area contributed by atoms with E-state index in [-0.39, 0.29) is 0 Å². The lowest BCUT2D eigenvalue weighted by molar-refractivity contribution is 0.616. The standard InChI is InChI=1S/C16H11N3O/c1-2-6-11(7-3-1)15-17-16(19-18-15)13-10-20-14-9-5-4-8-12(13)14/h1-10H,(H,17,18,19). The van der Waals surface area contributed by atoms with Crippen LogP contribution in [-0.2, 0) is 0 Å². The van der Waals surface area contributed by atoms with E-state index in [0.717, 1.165) is 22.1 Å². The fourth-order valence-corrected chi connectivity index (χ4v) is 2.26. The second-order valence-electron chi connectivity index (χ2n) is 4.52. The summed E-state index contributed by atoms with van der Waals surface area (Å²) in [4.78, 5) is 4.55. The first kappa shape index (κ1) is 11.0. The van der Waals surface area contributed by atoms with Crippen molar-refractivity contribution in [2.45, 2.75) is 0 Å². The van der Waals surface area contributed by atoms with Gasteiger partial charge in [0.2, 0.25) is 0 Å². The molecule has 0 spiro atoms. The van der Waals surface area contributed by atoms with E-state index in [1.54, 1.807) is 6.26 Å². The van der Waals surface area contributed by atoms with Gasteiger partial charge < -0.3 is 4.42 Å². The van der Waals surface area contributed by atoms with Gasteiger partial charge in [0.1, 0.15) is 11.8 Å². The fraction of sp³-hybridized carbons (Fsp3) is 0. The molecule has 20 heavy (non-hydrogen) atoms. The van der Waals surface area contributed by atoms with Gasteiger partial charge in [-0.2, -0.15) is 5.10 Å². The van der Waals surface area contributed by atoms with Gasteiger partial charge in [0.15, 0.2) is 11.6 Å². The lowest BCUT2D eigenvalue weighted by atomic mass is 10.1. The minimum Gasteiger partial charge on any atom is -0.464 e. The number of H-pyrrole nitrogens is 1. The Morgan fingerprint density at radius 1 is 0.900 bits per heavy atom. The largest absolute Gasteiger partial charge is 0.464 e. The van der Waals surface area contributed by atoms with Crippen LogP contribution in [0.4, 0.5) is 0 Å². The first-order valence-electron chi connectivity index (χ1n) is 6.36. The molecular formula is C16H11N3O. The van der Waals surface area contributed by atoms with Crippen LogP contribution >= 0.6 is 0 Å². The van der Waals surface area contributed by atoms with E-state index in [2.05, 4.69) is 15.2 Å².